The third-order valence-corrected chi connectivity index (χ3v) is 7.54. The lowest BCUT2D eigenvalue weighted by atomic mass is 9.96. The van der Waals surface area contributed by atoms with Crippen LogP contribution in [0.2, 0.25) is 0 Å². The molecule has 1 aromatic rings. The minimum Gasteiger partial charge on any atom is -0.312 e. The monoisotopic (exact) mass is 348 g/mol. The van der Waals surface area contributed by atoms with E-state index in [0.717, 1.165) is 43.6 Å². The summed E-state index contributed by atoms with van der Waals surface area (Å²) in [7, 11) is -3.36. The van der Waals surface area contributed by atoms with Crippen LogP contribution in [0.4, 0.5) is 0 Å². The largest absolute Gasteiger partial charge is 0.312 e. The fraction of sp³-hybridized carbons (Fsp3) is 0.714. The van der Waals surface area contributed by atoms with E-state index in [1.165, 1.54) is 11.3 Å². The summed E-state index contributed by atoms with van der Waals surface area (Å²) in [5, 5.41) is 5.65. The summed E-state index contributed by atoms with van der Waals surface area (Å²) in [5.41, 5.74) is 0. The van der Waals surface area contributed by atoms with Crippen LogP contribution in [-0.4, -0.2) is 32.5 Å². The van der Waals surface area contributed by atoms with Gasteiger partial charge in [0, 0.05) is 28.1 Å². The molecule has 0 bridgehead atoms. The zero-order valence-corrected chi connectivity index (χ0v) is 15.0. The van der Waals surface area contributed by atoms with Crippen LogP contribution in [0.3, 0.4) is 0 Å². The second kappa shape index (κ2) is 7.97. The molecular formula is C14H24N2O2S3. The second-order valence-electron chi connectivity index (χ2n) is 5.36. The zero-order chi connectivity index (χ0) is 15.3. The van der Waals surface area contributed by atoms with E-state index >= 15 is 0 Å². The maximum absolute atomic E-state index is 12.4. The molecule has 2 rings (SSSR count). The lowest BCUT2D eigenvalue weighted by molar-refractivity contribution is 0.420. The highest BCUT2D eigenvalue weighted by Crippen LogP contribution is 2.28. The standard InChI is InChI=1S/C14H24N2O2S3/c1-3-15-9-13-8-14(10-20-13)21(17,18)16-11-4-6-12(19-2)7-5-11/h8,10-12,15-16H,3-7,9H2,1-2H3. The topological polar surface area (TPSA) is 58.2 Å². The predicted octanol–water partition coefficient (Wildman–Crippen LogP) is 2.81. The summed E-state index contributed by atoms with van der Waals surface area (Å²) in [6.45, 7) is 3.66. The van der Waals surface area contributed by atoms with Gasteiger partial charge in [0.1, 0.15) is 0 Å². The first-order chi connectivity index (χ1) is 10.0. The Balaban J connectivity index is 1.94. The van der Waals surface area contributed by atoms with Crippen molar-refractivity contribution in [3.05, 3.63) is 16.3 Å². The summed E-state index contributed by atoms with van der Waals surface area (Å²) in [6.07, 6.45) is 6.22. The molecule has 0 spiro atoms. The fourth-order valence-electron chi connectivity index (χ4n) is 2.55. The van der Waals surface area contributed by atoms with Crippen LogP contribution >= 0.6 is 23.1 Å². The van der Waals surface area contributed by atoms with Gasteiger partial charge in [-0.1, -0.05) is 6.92 Å². The average molecular weight is 349 g/mol. The van der Waals surface area contributed by atoms with E-state index in [-0.39, 0.29) is 6.04 Å². The number of sulfonamides is 1. The van der Waals surface area contributed by atoms with Gasteiger partial charge >= 0.3 is 0 Å². The molecule has 1 aromatic heterocycles. The van der Waals surface area contributed by atoms with Gasteiger partial charge in [0.2, 0.25) is 10.0 Å². The Kier molecular flexibility index (Phi) is 6.55. The van der Waals surface area contributed by atoms with Crippen molar-refractivity contribution in [2.24, 2.45) is 0 Å². The number of nitrogens with one attached hydrogen (secondary N) is 2. The van der Waals surface area contributed by atoms with E-state index < -0.39 is 10.0 Å². The highest BCUT2D eigenvalue weighted by atomic mass is 32.2. The van der Waals surface area contributed by atoms with E-state index in [1.807, 2.05) is 18.7 Å². The van der Waals surface area contributed by atoms with Crippen molar-refractivity contribution in [2.45, 2.75) is 55.3 Å². The number of thiophene rings is 1. The summed E-state index contributed by atoms with van der Waals surface area (Å²) < 4.78 is 27.7. The molecule has 0 amide bonds. The molecule has 0 unspecified atom stereocenters. The summed E-state index contributed by atoms with van der Waals surface area (Å²) >= 11 is 3.39. The van der Waals surface area contributed by atoms with Gasteiger partial charge in [-0.15, -0.1) is 11.3 Å². The molecule has 21 heavy (non-hydrogen) atoms. The molecule has 0 aliphatic heterocycles. The second-order valence-corrected chi connectivity index (χ2v) is 9.21. The van der Waals surface area contributed by atoms with Crippen LogP contribution in [0.15, 0.2) is 16.3 Å². The number of hydrogen-bond acceptors (Lipinski definition) is 5. The SMILES string of the molecule is CCNCc1cc(S(=O)(=O)NC2CCC(SC)CC2)cs1. The maximum atomic E-state index is 12.4. The fourth-order valence-corrected chi connectivity index (χ4v) is 5.84. The van der Waals surface area contributed by atoms with E-state index in [4.69, 9.17) is 0 Å². The number of rotatable bonds is 7. The lowest BCUT2D eigenvalue weighted by Crippen LogP contribution is -2.37. The molecule has 1 fully saturated rings. The molecule has 1 aliphatic rings. The van der Waals surface area contributed by atoms with Gasteiger partial charge in [-0.25, -0.2) is 13.1 Å². The van der Waals surface area contributed by atoms with Gasteiger partial charge in [0.05, 0.1) is 4.90 Å². The first-order valence-electron chi connectivity index (χ1n) is 7.38. The molecule has 120 valence electrons. The van der Waals surface area contributed by atoms with Gasteiger partial charge in [0.25, 0.3) is 0 Å². The van der Waals surface area contributed by atoms with Crippen molar-refractivity contribution in [2.75, 3.05) is 12.8 Å². The van der Waals surface area contributed by atoms with Crippen LogP contribution in [0.1, 0.15) is 37.5 Å². The van der Waals surface area contributed by atoms with Gasteiger partial charge in [-0.2, -0.15) is 11.8 Å². The molecular weight excluding hydrogens is 324 g/mol. The quantitative estimate of drug-likeness (QED) is 0.795. The van der Waals surface area contributed by atoms with E-state index in [0.29, 0.717) is 10.1 Å². The number of hydrogen-bond donors (Lipinski definition) is 2. The van der Waals surface area contributed by atoms with Crippen molar-refractivity contribution in [1.82, 2.24) is 10.0 Å². The van der Waals surface area contributed by atoms with Crippen molar-refractivity contribution in [3.8, 4) is 0 Å². The lowest BCUT2D eigenvalue weighted by Gasteiger charge is -2.27. The summed E-state index contributed by atoms with van der Waals surface area (Å²) in [6, 6.07) is 1.87. The minimum atomic E-state index is -3.36. The van der Waals surface area contributed by atoms with Gasteiger partial charge in [0.15, 0.2) is 0 Å². The smallest absolute Gasteiger partial charge is 0.241 e. The van der Waals surface area contributed by atoms with E-state index in [9.17, 15) is 8.42 Å². The molecule has 1 heterocycles. The molecule has 4 nitrogen and oxygen atoms in total. The molecule has 2 N–H and O–H groups in total. The third kappa shape index (κ3) is 4.96. The van der Waals surface area contributed by atoms with Crippen LogP contribution in [-0.2, 0) is 16.6 Å². The van der Waals surface area contributed by atoms with E-state index in [1.54, 1.807) is 11.4 Å². The van der Waals surface area contributed by atoms with E-state index in [2.05, 4.69) is 16.3 Å². The Morgan fingerprint density at radius 1 is 1.33 bits per heavy atom. The van der Waals surface area contributed by atoms with Crippen molar-refractivity contribution in [3.63, 3.8) is 0 Å². The van der Waals surface area contributed by atoms with Crippen molar-refractivity contribution < 1.29 is 8.42 Å². The summed E-state index contributed by atoms with van der Waals surface area (Å²) in [4.78, 5) is 1.47. The average Bonchev–Trinajstić information content (AvgIpc) is 2.95. The predicted molar refractivity (Wildman–Crippen MR) is 91.6 cm³/mol. The Bertz CT molecular complexity index is 534. The first-order valence-corrected chi connectivity index (χ1v) is 11.0. The van der Waals surface area contributed by atoms with Gasteiger partial charge < -0.3 is 5.32 Å². The summed E-state index contributed by atoms with van der Waals surface area (Å²) in [5.74, 6) is 0. The Morgan fingerprint density at radius 3 is 2.67 bits per heavy atom. The Labute approximate surface area is 136 Å². The van der Waals surface area contributed by atoms with Gasteiger partial charge in [-0.05, 0) is 44.6 Å². The molecule has 0 aromatic carbocycles. The molecule has 1 aliphatic carbocycles. The maximum Gasteiger partial charge on any atom is 0.241 e. The van der Waals surface area contributed by atoms with Crippen LogP contribution in [0.25, 0.3) is 0 Å². The molecule has 0 atom stereocenters. The molecule has 0 radical (unpaired) electrons. The minimum absolute atomic E-state index is 0.0931. The van der Waals surface area contributed by atoms with Gasteiger partial charge in [-0.3, -0.25) is 0 Å². The highest BCUT2D eigenvalue weighted by Gasteiger charge is 2.25. The number of thioether (sulfide) groups is 1. The highest BCUT2D eigenvalue weighted by molar-refractivity contribution is 7.99. The van der Waals surface area contributed by atoms with Crippen molar-refractivity contribution >= 4 is 33.1 Å². The Morgan fingerprint density at radius 2 is 2.05 bits per heavy atom. The third-order valence-electron chi connectivity index (χ3n) is 3.82. The first kappa shape index (κ1) is 17.3. The van der Waals surface area contributed by atoms with Crippen LogP contribution < -0.4 is 10.0 Å². The molecule has 0 saturated heterocycles. The molecule has 1 saturated carbocycles. The van der Waals surface area contributed by atoms with Crippen LogP contribution in [0.5, 0.6) is 0 Å². The normalized spacial score (nSPS) is 23.3. The van der Waals surface area contributed by atoms with Crippen LogP contribution in [0, 0.1) is 0 Å². The zero-order valence-electron chi connectivity index (χ0n) is 12.6. The Hall–Kier alpha value is -0.0800. The molecule has 7 heteroatoms. The van der Waals surface area contributed by atoms with Crippen molar-refractivity contribution in [1.29, 1.82) is 0 Å².